The number of hydrogen-bond donors (Lipinski definition) is 1. The van der Waals surface area contributed by atoms with Crippen molar-refractivity contribution >= 4 is 28.5 Å². The Kier molecular flexibility index (Phi) is 4.52. The number of carbonyl (C=O) groups is 1. The lowest BCUT2D eigenvalue weighted by Gasteiger charge is -2.34. The minimum Gasteiger partial charge on any atom is -0.305 e. The average Bonchev–Trinajstić information content (AvgIpc) is 2.79. The highest BCUT2D eigenvalue weighted by atomic mass is 32.2. The van der Waals surface area contributed by atoms with Crippen LogP contribution in [-0.4, -0.2) is 34.8 Å². The maximum Gasteiger partial charge on any atom is 0.193 e. The summed E-state index contributed by atoms with van der Waals surface area (Å²) in [5.41, 5.74) is 4.62. The van der Waals surface area contributed by atoms with E-state index >= 15 is 0 Å². The average molecular weight is 398 g/mol. The largest absolute Gasteiger partial charge is 0.305 e. The first-order valence-electron chi connectivity index (χ1n) is 9.64. The molecule has 0 amide bonds. The van der Waals surface area contributed by atoms with Crippen molar-refractivity contribution in [2.75, 3.05) is 13.1 Å². The smallest absolute Gasteiger partial charge is 0.193 e. The summed E-state index contributed by atoms with van der Waals surface area (Å²) in [6, 6.07) is 23.4. The molecule has 0 aliphatic carbocycles. The van der Waals surface area contributed by atoms with Gasteiger partial charge in [-0.3, -0.25) is 15.2 Å². The molecule has 2 aliphatic heterocycles. The summed E-state index contributed by atoms with van der Waals surface area (Å²) in [5, 5.41) is 8.82. The van der Waals surface area contributed by atoms with Crippen molar-refractivity contribution in [1.82, 2.24) is 4.90 Å². The topological polar surface area (TPSA) is 56.5 Å². The molecule has 5 rings (SSSR count). The Labute approximate surface area is 173 Å². The van der Waals surface area contributed by atoms with Gasteiger partial charge in [-0.05, 0) is 29.7 Å². The Morgan fingerprint density at radius 2 is 1.66 bits per heavy atom. The summed E-state index contributed by atoms with van der Waals surface area (Å²) < 4.78 is 0. The summed E-state index contributed by atoms with van der Waals surface area (Å²) >= 11 is 1.49. The number of rotatable bonds is 3. The van der Waals surface area contributed by atoms with E-state index in [0.29, 0.717) is 16.3 Å². The van der Waals surface area contributed by atoms with Crippen LogP contribution in [0.5, 0.6) is 0 Å². The van der Waals surface area contributed by atoms with Crippen LogP contribution in [0.25, 0.3) is 11.1 Å². The summed E-state index contributed by atoms with van der Waals surface area (Å²) in [4.78, 5) is 20.4. The number of nitrogens with one attached hydrogen (secondary N) is 1. The van der Waals surface area contributed by atoms with E-state index in [-0.39, 0.29) is 5.78 Å². The van der Waals surface area contributed by atoms with Crippen molar-refractivity contribution in [3.05, 3.63) is 89.5 Å². The van der Waals surface area contributed by atoms with Crippen molar-refractivity contribution < 1.29 is 4.79 Å². The van der Waals surface area contributed by atoms with Gasteiger partial charge in [0.05, 0.1) is 0 Å². The Morgan fingerprint density at radius 1 is 0.931 bits per heavy atom. The van der Waals surface area contributed by atoms with Crippen LogP contribution in [-0.2, 0) is 0 Å². The van der Waals surface area contributed by atoms with Crippen LogP contribution in [0, 0.1) is 5.41 Å². The van der Waals surface area contributed by atoms with Crippen LogP contribution >= 0.6 is 11.8 Å². The molecule has 4 nitrogen and oxygen atoms in total. The van der Waals surface area contributed by atoms with E-state index in [4.69, 9.17) is 10.4 Å². The van der Waals surface area contributed by atoms with Crippen molar-refractivity contribution in [2.45, 2.75) is 11.3 Å². The molecular formula is C24H19N3OS. The molecule has 29 heavy (non-hydrogen) atoms. The molecule has 0 fully saturated rings. The number of ketones is 1. The summed E-state index contributed by atoms with van der Waals surface area (Å²) in [7, 11) is 0. The molecule has 0 radical (unpaired) electrons. The fourth-order valence-electron chi connectivity index (χ4n) is 3.74. The minimum absolute atomic E-state index is 0.0321. The molecule has 0 unspecified atom stereocenters. The maximum atomic E-state index is 12.6. The number of fused-ring (bicyclic) bond motifs is 3. The van der Waals surface area contributed by atoms with Crippen molar-refractivity contribution in [3.63, 3.8) is 0 Å². The van der Waals surface area contributed by atoms with Gasteiger partial charge in [0.2, 0.25) is 0 Å². The Hall–Kier alpha value is -3.18. The molecule has 0 saturated heterocycles. The maximum absolute atomic E-state index is 12.6. The van der Waals surface area contributed by atoms with Gasteiger partial charge in [0, 0.05) is 34.7 Å². The molecule has 0 spiro atoms. The first-order chi connectivity index (χ1) is 14.2. The second kappa shape index (κ2) is 7.33. The highest BCUT2D eigenvalue weighted by molar-refractivity contribution is 8.14. The summed E-state index contributed by atoms with van der Waals surface area (Å²) in [6.07, 6.45) is 0.984. The number of benzene rings is 3. The zero-order valence-electron chi connectivity index (χ0n) is 15.8. The zero-order valence-corrected chi connectivity index (χ0v) is 16.6. The van der Waals surface area contributed by atoms with Crippen LogP contribution in [0.15, 0.2) is 82.7 Å². The van der Waals surface area contributed by atoms with Gasteiger partial charge in [-0.15, -0.1) is 0 Å². The van der Waals surface area contributed by atoms with E-state index in [1.807, 2.05) is 59.5 Å². The lowest BCUT2D eigenvalue weighted by atomic mass is 9.98. The fraction of sp³-hybridized carbons (Fsp3) is 0.125. The monoisotopic (exact) mass is 397 g/mol. The third-order valence-electron chi connectivity index (χ3n) is 5.25. The van der Waals surface area contributed by atoms with Crippen LogP contribution in [0.2, 0.25) is 0 Å². The lowest BCUT2D eigenvalue weighted by molar-refractivity contribution is 0.103. The molecule has 0 atom stereocenters. The van der Waals surface area contributed by atoms with Gasteiger partial charge in [0.25, 0.3) is 0 Å². The molecule has 2 aliphatic rings. The first kappa shape index (κ1) is 17.9. The predicted octanol–water partition coefficient (Wildman–Crippen LogP) is 5.08. The molecule has 5 heteroatoms. The third-order valence-corrected chi connectivity index (χ3v) is 6.24. The van der Waals surface area contributed by atoms with E-state index in [2.05, 4.69) is 18.2 Å². The molecular weight excluding hydrogens is 378 g/mol. The Bertz CT molecular complexity index is 1140. The van der Waals surface area contributed by atoms with Crippen LogP contribution in [0.4, 0.5) is 0 Å². The minimum atomic E-state index is 0.0321. The van der Waals surface area contributed by atoms with Crippen LogP contribution < -0.4 is 0 Å². The summed E-state index contributed by atoms with van der Waals surface area (Å²) in [5.74, 6) is 0.942. The van der Waals surface area contributed by atoms with E-state index in [9.17, 15) is 4.79 Å². The SMILES string of the molecule is N=C1Sc2ccc(-c3ccc(C(=O)c4ccccc4)cc3)cc2C2=NCCCN12. The predicted molar refractivity (Wildman–Crippen MR) is 118 cm³/mol. The second-order valence-corrected chi connectivity index (χ2v) is 8.13. The summed E-state index contributed by atoms with van der Waals surface area (Å²) in [6.45, 7) is 1.66. The molecule has 3 aromatic carbocycles. The molecule has 0 saturated carbocycles. The molecule has 142 valence electrons. The first-order valence-corrected chi connectivity index (χ1v) is 10.5. The van der Waals surface area contributed by atoms with Gasteiger partial charge >= 0.3 is 0 Å². The van der Waals surface area contributed by atoms with Gasteiger partial charge in [-0.1, -0.05) is 72.4 Å². The normalized spacial score (nSPS) is 15.4. The second-order valence-electron chi connectivity index (χ2n) is 7.10. The number of aliphatic imine (C=N–C) groups is 1. The molecule has 0 bridgehead atoms. The lowest BCUT2D eigenvalue weighted by Crippen LogP contribution is -2.42. The number of hydrogen-bond acceptors (Lipinski definition) is 4. The molecule has 0 aromatic heterocycles. The van der Waals surface area contributed by atoms with Gasteiger partial charge in [-0.25, -0.2) is 0 Å². The van der Waals surface area contributed by atoms with Gasteiger partial charge in [0.1, 0.15) is 5.84 Å². The van der Waals surface area contributed by atoms with Gasteiger partial charge < -0.3 is 4.90 Å². The van der Waals surface area contributed by atoms with Crippen LogP contribution in [0.1, 0.15) is 27.9 Å². The van der Waals surface area contributed by atoms with E-state index < -0.39 is 0 Å². The highest BCUT2D eigenvalue weighted by Gasteiger charge is 2.29. The molecule has 1 N–H and O–H groups in total. The number of nitrogens with zero attached hydrogens (tertiary/aromatic N) is 2. The molecule has 3 aromatic rings. The van der Waals surface area contributed by atoms with E-state index in [1.165, 1.54) is 11.8 Å². The number of thioether (sulfide) groups is 1. The molecule has 2 heterocycles. The standard InChI is InChI=1S/C24H19N3OS/c25-24-27-14-4-13-26-23(27)20-15-19(11-12-21(20)29-24)16-7-9-18(10-8-16)22(28)17-5-2-1-3-6-17/h1-3,5-12,15,25H,4,13-14H2. The van der Waals surface area contributed by atoms with Crippen molar-refractivity contribution in [1.29, 1.82) is 5.41 Å². The Morgan fingerprint density at radius 3 is 2.45 bits per heavy atom. The highest BCUT2D eigenvalue weighted by Crippen LogP contribution is 2.36. The number of carbonyl (C=O) groups excluding carboxylic acids is 1. The Balaban J connectivity index is 1.47. The fourth-order valence-corrected chi connectivity index (χ4v) is 4.63. The van der Waals surface area contributed by atoms with Crippen molar-refractivity contribution in [3.8, 4) is 11.1 Å². The van der Waals surface area contributed by atoms with Crippen LogP contribution in [0.3, 0.4) is 0 Å². The third kappa shape index (κ3) is 3.28. The van der Waals surface area contributed by atoms with Gasteiger partial charge in [-0.2, -0.15) is 0 Å². The van der Waals surface area contributed by atoms with Gasteiger partial charge in [0.15, 0.2) is 11.0 Å². The van der Waals surface area contributed by atoms with E-state index in [1.54, 1.807) is 0 Å². The van der Waals surface area contributed by atoms with E-state index in [0.717, 1.165) is 46.9 Å². The zero-order chi connectivity index (χ0) is 19.8. The van der Waals surface area contributed by atoms with Crippen molar-refractivity contribution in [2.24, 2.45) is 4.99 Å². The number of amidine groups is 2. The quantitative estimate of drug-likeness (QED) is 0.627.